The molecule has 0 saturated heterocycles. The lowest BCUT2D eigenvalue weighted by atomic mass is 9.85. The van der Waals surface area contributed by atoms with Crippen LogP contribution in [0.2, 0.25) is 0 Å². The Hall–Kier alpha value is -2.94. The highest BCUT2D eigenvalue weighted by molar-refractivity contribution is 5.54. The van der Waals surface area contributed by atoms with Gasteiger partial charge in [-0.25, -0.2) is 0 Å². The zero-order valence-electron chi connectivity index (χ0n) is 16.0. The van der Waals surface area contributed by atoms with Crippen LogP contribution >= 0.6 is 0 Å². The van der Waals surface area contributed by atoms with Gasteiger partial charge in [0.1, 0.15) is 0 Å². The van der Waals surface area contributed by atoms with Gasteiger partial charge in [0, 0.05) is 51.2 Å². The molecule has 0 fully saturated rings. The van der Waals surface area contributed by atoms with Crippen LogP contribution in [0.15, 0.2) is 72.8 Å². The molecule has 3 nitrogen and oxygen atoms in total. The van der Waals surface area contributed by atoms with Crippen molar-refractivity contribution in [1.29, 1.82) is 0 Å². The van der Waals surface area contributed by atoms with Crippen LogP contribution in [0.1, 0.15) is 22.6 Å². The molecule has 3 aromatic carbocycles. The van der Waals surface area contributed by atoms with Gasteiger partial charge in [0.25, 0.3) is 0 Å². The summed E-state index contributed by atoms with van der Waals surface area (Å²) in [6.45, 7) is 0. The van der Waals surface area contributed by atoms with Crippen LogP contribution in [0.4, 0.5) is 17.1 Å². The highest BCUT2D eigenvalue weighted by Gasteiger charge is 2.17. The average molecular weight is 345 g/mol. The van der Waals surface area contributed by atoms with Gasteiger partial charge in [0.15, 0.2) is 0 Å². The molecule has 3 heteroatoms. The Bertz CT molecular complexity index is 781. The third-order valence-electron chi connectivity index (χ3n) is 4.76. The first-order chi connectivity index (χ1) is 12.5. The minimum Gasteiger partial charge on any atom is -0.399 e. The summed E-state index contributed by atoms with van der Waals surface area (Å²) in [6, 6.07) is 25.8. The van der Waals surface area contributed by atoms with Gasteiger partial charge in [-0.15, -0.1) is 0 Å². The Kier molecular flexibility index (Phi) is 5.17. The smallest absolute Gasteiger partial charge is 0.0361 e. The summed E-state index contributed by atoms with van der Waals surface area (Å²) in [6.07, 6.45) is 0. The topological polar surface area (TPSA) is 32.5 Å². The van der Waals surface area contributed by atoms with Crippen molar-refractivity contribution in [2.24, 2.45) is 0 Å². The van der Waals surface area contributed by atoms with Crippen molar-refractivity contribution in [2.75, 3.05) is 43.7 Å². The van der Waals surface area contributed by atoms with Crippen molar-refractivity contribution in [3.63, 3.8) is 0 Å². The number of rotatable bonds is 5. The molecule has 2 N–H and O–H groups in total. The molecule has 3 rings (SSSR count). The predicted octanol–water partition coefficient (Wildman–Crippen LogP) is 4.58. The number of hydrogen-bond acceptors (Lipinski definition) is 3. The zero-order chi connectivity index (χ0) is 18.7. The van der Waals surface area contributed by atoms with E-state index in [1.807, 2.05) is 12.1 Å². The third kappa shape index (κ3) is 3.83. The van der Waals surface area contributed by atoms with Crippen molar-refractivity contribution in [2.45, 2.75) is 5.92 Å². The molecule has 26 heavy (non-hydrogen) atoms. The van der Waals surface area contributed by atoms with E-state index in [9.17, 15) is 0 Å². The Balaban J connectivity index is 2.05. The van der Waals surface area contributed by atoms with E-state index in [4.69, 9.17) is 5.73 Å². The van der Waals surface area contributed by atoms with Crippen LogP contribution < -0.4 is 15.5 Å². The molecule has 0 saturated carbocycles. The first-order valence-electron chi connectivity index (χ1n) is 8.85. The molecule has 0 bridgehead atoms. The van der Waals surface area contributed by atoms with E-state index in [1.54, 1.807) is 0 Å². The fourth-order valence-corrected chi connectivity index (χ4v) is 3.20. The molecular weight excluding hydrogens is 318 g/mol. The fourth-order valence-electron chi connectivity index (χ4n) is 3.20. The van der Waals surface area contributed by atoms with E-state index >= 15 is 0 Å². The SMILES string of the molecule is CN(C)c1ccc(C(c2ccc(N)cc2)c2ccc(N(C)C)cc2)cc1. The number of anilines is 3. The van der Waals surface area contributed by atoms with E-state index in [-0.39, 0.29) is 5.92 Å². The van der Waals surface area contributed by atoms with Crippen molar-refractivity contribution in [1.82, 2.24) is 0 Å². The summed E-state index contributed by atoms with van der Waals surface area (Å²) >= 11 is 0. The Morgan fingerprint density at radius 1 is 0.538 bits per heavy atom. The standard InChI is InChI=1S/C23H27N3/c1-25(2)21-13-7-18(8-14-21)23(17-5-11-20(24)12-6-17)19-9-15-22(16-10-19)26(3)4/h5-16,23H,24H2,1-4H3. The van der Waals surface area contributed by atoms with Crippen LogP contribution in [-0.4, -0.2) is 28.2 Å². The lowest BCUT2D eigenvalue weighted by Gasteiger charge is -2.21. The summed E-state index contributed by atoms with van der Waals surface area (Å²) in [5.74, 6) is 0.183. The third-order valence-corrected chi connectivity index (χ3v) is 4.76. The number of hydrogen-bond donors (Lipinski definition) is 1. The van der Waals surface area contributed by atoms with Crippen LogP contribution in [-0.2, 0) is 0 Å². The number of nitrogens with zero attached hydrogens (tertiary/aromatic N) is 2. The van der Waals surface area contributed by atoms with Gasteiger partial charge in [-0.2, -0.15) is 0 Å². The maximum Gasteiger partial charge on any atom is 0.0361 e. The summed E-state index contributed by atoms with van der Waals surface area (Å²) in [7, 11) is 8.25. The Labute approximate surface area is 156 Å². The largest absolute Gasteiger partial charge is 0.399 e. The maximum atomic E-state index is 5.90. The van der Waals surface area contributed by atoms with Crippen LogP contribution in [0.25, 0.3) is 0 Å². The van der Waals surface area contributed by atoms with Gasteiger partial charge in [-0.1, -0.05) is 36.4 Å². The van der Waals surface area contributed by atoms with Gasteiger partial charge >= 0.3 is 0 Å². The predicted molar refractivity (Wildman–Crippen MR) is 113 cm³/mol. The summed E-state index contributed by atoms with van der Waals surface area (Å²) in [5.41, 5.74) is 12.9. The minimum absolute atomic E-state index is 0.183. The van der Waals surface area contributed by atoms with Gasteiger partial charge in [-0.3, -0.25) is 0 Å². The van der Waals surface area contributed by atoms with Crippen LogP contribution in [0, 0.1) is 0 Å². The molecule has 0 aliphatic carbocycles. The number of nitrogens with two attached hydrogens (primary N) is 1. The molecular formula is C23H27N3. The van der Waals surface area contributed by atoms with Gasteiger partial charge in [0.2, 0.25) is 0 Å². The molecule has 3 aromatic rings. The average Bonchev–Trinajstić information content (AvgIpc) is 2.64. The highest BCUT2D eigenvalue weighted by atomic mass is 15.1. The summed E-state index contributed by atoms with van der Waals surface area (Å²) in [5, 5.41) is 0. The molecule has 0 unspecified atom stereocenters. The summed E-state index contributed by atoms with van der Waals surface area (Å²) in [4.78, 5) is 4.24. The van der Waals surface area contributed by atoms with E-state index in [0.717, 1.165) is 5.69 Å². The lowest BCUT2D eigenvalue weighted by Crippen LogP contribution is -2.10. The molecule has 0 heterocycles. The Morgan fingerprint density at radius 2 is 0.846 bits per heavy atom. The van der Waals surface area contributed by atoms with Gasteiger partial charge < -0.3 is 15.5 Å². The number of benzene rings is 3. The monoisotopic (exact) mass is 345 g/mol. The molecule has 0 aliphatic rings. The van der Waals surface area contributed by atoms with Gasteiger partial charge in [-0.05, 0) is 53.1 Å². The minimum atomic E-state index is 0.183. The molecule has 0 radical (unpaired) electrons. The second-order valence-electron chi connectivity index (χ2n) is 7.07. The molecule has 0 aliphatic heterocycles. The van der Waals surface area contributed by atoms with Gasteiger partial charge in [0.05, 0.1) is 0 Å². The normalized spacial score (nSPS) is 10.8. The number of nitrogen functional groups attached to an aromatic ring is 1. The fraction of sp³-hybridized carbons (Fsp3) is 0.217. The maximum absolute atomic E-state index is 5.90. The molecule has 0 spiro atoms. The summed E-state index contributed by atoms with van der Waals surface area (Å²) < 4.78 is 0. The van der Waals surface area contributed by atoms with E-state index in [2.05, 4.69) is 98.7 Å². The first-order valence-corrected chi connectivity index (χ1v) is 8.85. The molecule has 0 atom stereocenters. The van der Waals surface area contributed by atoms with E-state index in [1.165, 1.54) is 28.1 Å². The van der Waals surface area contributed by atoms with Crippen molar-refractivity contribution in [3.05, 3.63) is 89.5 Å². The highest BCUT2D eigenvalue weighted by Crippen LogP contribution is 2.34. The van der Waals surface area contributed by atoms with E-state index in [0.29, 0.717) is 0 Å². The van der Waals surface area contributed by atoms with Crippen LogP contribution in [0.3, 0.4) is 0 Å². The molecule has 134 valence electrons. The van der Waals surface area contributed by atoms with Crippen molar-refractivity contribution in [3.8, 4) is 0 Å². The van der Waals surface area contributed by atoms with E-state index < -0.39 is 0 Å². The Morgan fingerprint density at radius 3 is 1.15 bits per heavy atom. The van der Waals surface area contributed by atoms with Crippen molar-refractivity contribution >= 4 is 17.1 Å². The molecule has 0 aromatic heterocycles. The second kappa shape index (κ2) is 7.52. The second-order valence-corrected chi connectivity index (χ2v) is 7.07. The van der Waals surface area contributed by atoms with Crippen molar-refractivity contribution < 1.29 is 0 Å². The first kappa shape index (κ1) is 17.9. The quantitative estimate of drug-likeness (QED) is 0.543. The van der Waals surface area contributed by atoms with Crippen LogP contribution in [0.5, 0.6) is 0 Å². The molecule has 0 amide bonds. The lowest BCUT2D eigenvalue weighted by molar-refractivity contribution is 0.973. The zero-order valence-corrected chi connectivity index (χ0v) is 16.0.